The summed E-state index contributed by atoms with van der Waals surface area (Å²) in [6, 6.07) is 16.7. The number of nitrogens with zero attached hydrogens (tertiary/aromatic N) is 1. The summed E-state index contributed by atoms with van der Waals surface area (Å²) in [5, 5.41) is 15.3. The third kappa shape index (κ3) is 1.86. The summed E-state index contributed by atoms with van der Waals surface area (Å²) in [5.41, 5.74) is 0.644. The van der Waals surface area contributed by atoms with Crippen molar-refractivity contribution in [1.29, 1.82) is 5.26 Å². The van der Waals surface area contributed by atoms with Gasteiger partial charge in [-0.2, -0.15) is 5.26 Å². The average molecular weight is 328 g/mol. The highest BCUT2D eigenvalue weighted by Crippen LogP contribution is 2.38. The number of hydrogen-bond donors (Lipinski definition) is 2. The van der Waals surface area contributed by atoms with E-state index in [0.717, 1.165) is 4.47 Å². The molecule has 0 unspecified atom stereocenters. The number of amides is 1. The number of benzene rings is 2. The van der Waals surface area contributed by atoms with Gasteiger partial charge in [-0.05, 0) is 30.3 Å². The Bertz CT molecular complexity index is 721. The Kier molecular flexibility index (Phi) is 2.96. The fourth-order valence-corrected chi connectivity index (χ4v) is 2.53. The van der Waals surface area contributed by atoms with Gasteiger partial charge >= 0.3 is 0 Å². The van der Waals surface area contributed by atoms with Crippen molar-refractivity contribution in [2.75, 3.05) is 10.6 Å². The quantitative estimate of drug-likeness (QED) is 0.889. The maximum atomic E-state index is 12.3. The molecule has 0 aromatic heterocycles. The van der Waals surface area contributed by atoms with Crippen LogP contribution in [0.2, 0.25) is 0 Å². The first-order valence-electron chi connectivity index (χ1n) is 6.02. The van der Waals surface area contributed by atoms with Crippen LogP contribution >= 0.6 is 15.9 Å². The molecule has 0 spiro atoms. The zero-order chi connectivity index (χ0) is 14.2. The van der Waals surface area contributed by atoms with Crippen LogP contribution in [0.1, 0.15) is 5.56 Å². The number of nitriles is 1. The summed E-state index contributed by atoms with van der Waals surface area (Å²) in [6.07, 6.45) is 0. The van der Waals surface area contributed by atoms with E-state index >= 15 is 0 Å². The summed E-state index contributed by atoms with van der Waals surface area (Å²) >= 11 is 3.35. The number of nitrogens with one attached hydrogen (secondary N) is 2. The second kappa shape index (κ2) is 4.66. The topological polar surface area (TPSA) is 64.9 Å². The van der Waals surface area contributed by atoms with Gasteiger partial charge < -0.3 is 10.6 Å². The second-order valence-corrected chi connectivity index (χ2v) is 5.41. The summed E-state index contributed by atoms with van der Waals surface area (Å²) < 4.78 is 0.935. The van der Waals surface area contributed by atoms with Crippen LogP contribution in [-0.2, 0) is 10.3 Å². The molecule has 20 heavy (non-hydrogen) atoms. The highest BCUT2D eigenvalue weighted by Gasteiger charge is 2.47. The largest absolute Gasteiger partial charge is 0.356 e. The van der Waals surface area contributed by atoms with Gasteiger partial charge in [-0.25, -0.2) is 0 Å². The van der Waals surface area contributed by atoms with Crippen molar-refractivity contribution in [3.63, 3.8) is 0 Å². The predicted molar refractivity (Wildman–Crippen MR) is 80.1 cm³/mol. The first-order valence-corrected chi connectivity index (χ1v) is 6.81. The summed E-state index contributed by atoms with van der Waals surface area (Å²) in [6.45, 7) is 0. The van der Waals surface area contributed by atoms with E-state index in [1.165, 1.54) is 0 Å². The molecule has 1 aliphatic rings. The van der Waals surface area contributed by atoms with Crippen molar-refractivity contribution in [2.45, 2.75) is 5.54 Å². The van der Waals surface area contributed by atoms with Crippen molar-refractivity contribution in [3.8, 4) is 6.07 Å². The molecule has 0 fully saturated rings. The number of para-hydroxylation sites is 1. The van der Waals surface area contributed by atoms with Crippen molar-refractivity contribution >= 4 is 33.2 Å². The molecule has 0 bridgehead atoms. The zero-order valence-electron chi connectivity index (χ0n) is 10.4. The molecule has 1 atom stereocenters. The molecule has 1 heterocycles. The molecular weight excluding hydrogens is 318 g/mol. The minimum atomic E-state index is -1.38. The lowest BCUT2D eigenvalue weighted by Gasteiger charge is -2.22. The molecule has 2 aromatic carbocycles. The van der Waals surface area contributed by atoms with E-state index in [2.05, 4.69) is 32.6 Å². The van der Waals surface area contributed by atoms with Crippen LogP contribution in [0.3, 0.4) is 0 Å². The smallest absolute Gasteiger partial charge is 0.269 e. The van der Waals surface area contributed by atoms with Gasteiger partial charge in [0.1, 0.15) is 6.07 Å². The highest BCUT2D eigenvalue weighted by molar-refractivity contribution is 9.10. The third-order valence-electron chi connectivity index (χ3n) is 3.26. The molecule has 0 radical (unpaired) electrons. The third-order valence-corrected chi connectivity index (χ3v) is 3.79. The number of halogens is 1. The standard InChI is InChI=1S/C15H10BrN3O/c16-10-5-7-11(8-6-10)19-15(9-17)12-3-1-2-4-13(12)18-14(15)20/h1-8,19H,(H,18,20)/t15-/m0/s1. The zero-order valence-corrected chi connectivity index (χ0v) is 11.9. The highest BCUT2D eigenvalue weighted by atomic mass is 79.9. The molecule has 4 nitrogen and oxygen atoms in total. The van der Waals surface area contributed by atoms with Gasteiger partial charge in [0.05, 0.1) is 0 Å². The van der Waals surface area contributed by atoms with Crippen LogP contribution in [0.4, 0.5) is 11.4 Å². The van der Waals surface area contributed by atoms with Crippen LogP contribution in [0.25, 0.3) is 0 Å². The van der Waals surface area contributed by atoms with E-state index < -0.39 is 5.54 Å². The van der Waals surface area contributed by atoms with Gasteiger partial charge in [0.25, 0.3) is 5.91 Å². The molecule has 2 aromatic rings. The minimum absolute atomic E-state index is 0.357. The van der Waals surface area contributed by atoms with E-state index in [9.17, 15) is 10.1 Å². The van der Waals surface area contributed by atoms with E-state index in [1.807, 2.05) is 36.4 Å². The fraction of sp³-hybridized carbons (Fsp3) is 0.0667. The Morgan fingerprint density at radius 3 is 2.55 bits per heavy atom. The lowest BCUT2D eigenvalue weighted by molar-refractivity contribution is -0.118. The number of anilines is 2. The van der Waals surface area contributed by atoms with Gasteiger partial charge in [-0.3, -0.25) is 4.79 Å². The Hall–Kier alpha value is -2.32. The predicted octanol–water partition coefficient (Wildman–Crippen LogP) is 3.23. The first-order chi connectivity index (χ1) is 9.65. The van der Waals surface area contributed by atoms with Gasteiger partial charge in [0, 0.05) is 21.4 Å². The van der Waals surface area contributed by atoms with Crippen LogP contribution in [-0.4, -0.2) is 5.91 Å². The maximum absolute atomic E-state index is 12.3. The molecule has 0 saturated carbocycles. The number of rotatable bonds is 2. The Morgan fingerprint density at radius 2 is 1.85 bits per heavy atom. The van der Waals surface area contributed by atoms with Gasteiger partial charge in [-0.1, -0.05) is 34.1 Å². The first kappa shape index (κ1) is 12.7. The van der Waals surface area contributed by atoms with E-state index in [1.54, 1.807) is 12.1 Å². The molecule has 2 N–H and O–H groups in total. The van der Waals surface area contributed by atoms with Crippen molar-refractivity contribution in [1.82, 2.24) is 0 Å². The molecular formula is C15H10BrN3O. The van der Waals surface area contributed by atoms with E-state index in [-0.39, 0.29) is 5.91 Å². The lowest BCUT2D eigenvalue weighted by Crippen LogP contribution is -2.40. The van der Waals surface area contributed by atoms with Crippen molar-refractivity contribution in [2.24, 2.45) is 0 Å². The summed E-state index contributed by atoms with van der Waals surface area (Å²) in [5.74, 6) is -0.357. The SMILES string of the molecule is N#C[C@@]1(Nc2ccc(Br)cc2)C(=O)Nc2ccccc21. The molecule has 1 amide bonds. The Labute approximate surface area is 124 Å². The van der Waals surface area contributed by atoms with Crippen LogP contribution < -0.4 is 10.6 Å². The molecule has 5 heteroatoms. The number of carbonyl (C=O) groups is 1. The van der Waals surface area contributed by atoms with Crippen molar-refractivity contribution in [3.05, 3.63) is 58.6 Å². The number of carbonyl (C=O) groups excluding carboxylic acids is 1. The normalized spacial score (nSPS) is 19.9. The van der Waals surface area contributed by atoms with E-state index in [0.29, 0.717) is 16.9 Å². The average Bonchev–Trinajstić information content (AvgIpc) is 2.74. The van der Waals surface area contributed by atoms with Gasteiger partial charge in [0.2, 0.25) is 5.54 Å². The van der Waals surface area contributed by atoms with Crippen LogP contribution in [0.5, 0.6) is 0 Å². The summed E-state index contributed by atoms with van der Waals surface area (Å²) in [7, 11) is 0. The second-order valence-electron chi connectivity index (χ2n) is 4.49. The monoisotopic (exact) mass is 327 g/mol. The van der Waals surface area contributed by atoms with Gasteiger partial charge in [0.15, 0.2) is 0 Å². The molecule has 98 valence electrons. The molecule has 0 saturated heterocycles. The summed E-state index contributed by atoms with van der Waals surface area (Å²) in [4.78, 5) is 12.3. The fourth-order valence-electron chi connectivity index (χ4n) is 2.27. The molecule has 0 aliphatic carbocycles. The van der Waals surface area contributed by atoms with Gasteiger partial charge in [-0.15, -0.1) is 0 Å². The Balaban J connectivity index is 2.06. The van der Waals surface area contributed by atoms with Crippen LogP contribution in [0.15, 0.2) is 53.0 Å². The molecule has 3 rings (SSSR count). The minimum Gasteiger partial charge on any atom is -0.356 e. The lowest BCUT2D eigenvalue weighted by atomic mass is 9.92. The molecule has 1 aliphatic heterocycles. The van der Waals surface area contributed by atoms with E-state index in [4.69, 9.17) is 0 Å². The number of fused-ring (bicyclic) bond motifs is 1. The van der Waals surface area contributed by atoms with Crippen molar-refractivity contribution < 1.29 is 4.79 Å². The Morgan fingerprint density at radius 1 is 1.15 bits per heavy atom. The number of hydrogen-bond acceptors (Lipinski definition) is 3. The maximum Gasteiger partial charge on any atom is 0.269 e. The van der Waals surface area contributed by atoms with Crippen LogP contribution in [0, 0.1) is 11.3 Å².